The van der Waals surface area contributed by atoms with Crippen molar-refractivity contribution in [2.45, 2.75) is 13.8 Å². The van der Waals surface area contributed by atoms with Crippen molar-refractivity contribution < 1.29 is 9.53 Å². The maximum atomic E-state index is 11.1. The average molecular weight is 236 g/mol. The molecule has 3 heteroatoms. The fourth-order valence-electron chi connectivity index (χ4n) is 1.23. The lowest BCUT2D eigenvalue weighted by atomic mass is 10.2. The number of hydrogen-bond acceptors (Lipinski definition) is 3. The Hall–Kier alpha value is -1.06. The monoisotopic (exact) mass is 236 g/mol. The molecule has 0 saturated heterocycles. The molecule has 1 aromatic rings. The van der Waals surface area contributed by atoms with Crippen molar-refractivity contribution in [2.24, 2.45) is 0 Å². The molecular weight excluding hydrogens is 220 g/mol. The molecule has 0 heterocycles. The Morgan fingerprint density at radius 3 is 2.62 bits per heavy atom. The number of benzene rings is 1. The van der Waals surface area contributed by atoms with Gasteiger partial charge in [0.25, 0.3) is 0 Å². The first-order chi connectivity index (χ1) is 7.74. The SMILES string of the molecule is CCOC/C=C(\SC(C)=O)c1ccccc1. The molecule has 2 nitrogen and oxygen atoms in total. The van der Waals surface area contributed by atoms with Crippen LogP contribution in [0.4, 0.5) is 0 Å². The second kappa shape index (κ2) is 7.25. The van der Waals surface area contributed by atoms with Crippen molar-refractivity contribution in [1.82, 2.24) is 0 Å². The van der Waals surface area contributed by atoms with Crippen LogP contribution in [-0.2, 0) is 9.53 Å². The van der Waals surface area contributed by atoms with Crippen molar-refractivity contribution in [1.29, 1.82) is 0 Å². The summed E-state index contributed by atoms with van der Waals surface area (Å²) in [5.74, 6) is 0. The smallest absolute Gasteiger partial charge is 0.190 e. The number of thioether (sulfide) groups is 1. The largest absolute Gasteiger partial charge is 0.378 e. The highest BCUT2D eigenvalue weighted by Crippen LogP contribution is 2.27. The van der Waals surface area contributed by atoms with Gasteiger partial charge in [0.1, 0.15) is 0 Å². The van der Waals surface area contributed by atoms with E-state index in [1.54, 1.807) is 6.92 Å². The highest BCUT2D eigenvalue weighted by atomic mass is 32.2. The van der Waals surface area contributed by atoms with E-state index in [0.29, 0.717) is 13.2 Å². The highest BCUT2D eigenvalue weighted by Gasteiger charge is 2.04. The Bertz CT molecular complexity index is 357. The lowest BCUT2D eigenvalue weighted by molar-refractivity contribution is -0.109. The lowest BCUT2D eigenvalue weighted by Crippen LogP contribution is -1.92. The van der Waals surface area contributed by atoms with E-state index in [9.17, 15) is 4.79 Å². The fourth-order valence-corrected chi connectivity index (χ4v) is 1.94. The van der Waals surface area contributed by atoms with Crippen LogP contribution in [0.3, 0.4) is 0 Å². The third-order valence-corrected chi connectivity index (χ3v) is 2.81. The summed E-state index contributed by atoms with van der Waals surface area (Å²) in [5, 5.41) is 0.0894. The molecule has 0 aliphatic rings. The Kier molecular flexibility index (Phi) is 5.90. The summed E-state index contributed by atoms with van der Waals surface area (Å²) in [6.07, 6.45) is 1.95. The minimum atomic E-state index is 0.0894. The first kappa shape index (κ1) is 13.0. The van der Waals surface area contributed by atoms with Gasteiger partial charge in [-0.15, -0.1) is 0 Å². The molecule has 0 bridgehead atoms. The van der Waals surface area contributed by atoms with E-state index in [-0.39, 0.29) is 5.12 Å². The van der Waals surface area contributed by atoms with Gasteiger partial charge in [0, 0.05) is 18.4 Å². The van der Waals surface area contributed by atoms with Gasteiger partial charge in [-0.05, 0) is 18.6 Å². The molecule has 1 rings (SSSR count). The second-order valence-electron chi connectivity index (χ2n) is 3.19. The maximum Gasteiger partial charge on any atom is 0.190 e. The van der Waals surface area contributed by atoms with E-state index in [2.05, 4.69) is 0 Å². The summed E-state index contributed by atoms with van der Waals surface area (Å²) in [5.41, 5.74) is 1.06. The summed E-state index contributed by atoms with van der Waals surface area (Å²) in [6, 6.07) is 9.87. The van der Waals surface area contributed by atoms with Crippen LogP contribution in [-0.4, -0.2) is 18.3 Å². The molecule has 0 amide bonds. The molecule has 0 saturated carbocycles. The Balaban J connectivity index is 2.79. The van der Waals surface area contributed by atoms with E-state index < -0.39 is 0 Å². The van der Waals surface area contributed by atoms with E-state index in [1.807, 2.05) is 43.3 Å². The van der Waals surface area contributed by atoms with E-state index in [1.165, 1.54) is 11.8 Å². The van der Waals surface area contributed by atoms with Gasteiger partial charge in [-0.3, -0.25) is 4.79 Å². The fraction of sp³-hybridized carbons (Fsp3) is 0.308. The molecule has 0 spiro atoms. The molecule has 1 aromatic carbocycles. The van der Waals surface area contributed by atoms with Crippen molar-refractivity contribution in [3.63, 3.8) is 0 Å². The predicted molar refractivity (Wildman–Crippen MR) is 69.2 cm³/mol. The average Bonchev–Trinajstić information content (AvgIpc) is 2.29. The molecule has 86 valence electrons. The van der Waals surface area contributed by atoms with Gasteiger partial charge in [0.15, 0.2) is 5.12 Å². The molecular formula is C13H16O2S. The van der Waals surface area contributed by atoms with Crippen LogP contribution in [0, 0.1) is 0 Å². The van der Waals surface area contributed by atoms with Crippen LogP contribution in [0.5, 0.6) is 0 Å². The van der Waals surface area contributed by atoms with Crippen molar-refractivity contribution in [3.8, 4) is 0 Å². The van der Waals surface area contributed by atoms with Gasteiger partial charge in [-0.1, -0.05) is 42.1 Å². The molecule has 0 unspecified atom stereocenters. The van der Waals surface area contributed by atoms with Gasteiger partial charge < -0.3 is 4.74 Å². The van der Waals surface area contributed by atoms with Crippen LogP contribution in [0.2, 0.25) is 0 Å². The Morgan fingerprint density at radius 1 is 1.38 bits per heavy atom. The van der Waals surface area contributed by atoms with Crippen LogP contribution in [0.1, 0.15) is 19.4 Å². The van der Waals surface area contributed by atoms with Crippen molar-refractivity contribution in [2.75, 3.05) is 13.2 Å². The zero-order chi connectivity index (χ0) is 11.8. The first-order valence-corrected chi connectivity index (χ1v) is 6.07. The summed E-state index contributed by atoms with van der Waals surface area (Å²) < 4.78 is 5.27. The first-order valence-electron chi connectivity index (χ1n) is 5.25. The molecule has 0 N–H and O–H groups in total. The summed E-state index contributed by atoms with van der Waals surface area (Å²) in [4.78, 5) is 12.1. The highest BCUT2D eigenvalue weighted by molar-refractivity contribution is 8.21. The van der Waals surface area contributed by atoms with Crippen LogP contribution in [0.25, 0.3) is 4.91 Å². The summed E-state index contributed by atoms with van der Waals surface area (Å²) >= 11 is 1.25. The maximum absolute atomic E-state index is 11.1. The van der Waals surface area contributed by atoms with Gasteiger partial charge in [0.2, 0.25) is 0 Å². The normalized spacial score (nSPS) is 11.5. The van der Waals surface area contributed by atoms with Gasteiger partial charge in [-0.25, -0.2) is 0 Å². The zero-order valence-electron chi connectivity index (χ0n) is 9.60. The Labute approximate surface area is 101 Å². The van der Waals surface area contributed by atoms with Crippen molar-refractivity contribution >= 4 is 21.8 Å². The molecule has 0 fully saturated rings. The molecule has 16 heavy (non-hydrogen) atoms. The molecule has 0 aliphatic carbocycles. The van der Waals surface area contributed by atoms with Crippen LogP contribution >= 0.6 is 11.8 Å². The third-order valence-electron chi connectivity index (χ3n) is 1.90. The molecule has 0 aliphatic heterocycles. The predicted octanol–water partition coefficient (Wildman–Crippen LogP) is 3.34. The molecule has 0 aromatic heterocycles. The zero-order valence-corrected chi connectivity index (χ0v) is 10.4. The van der Waals surface area contributed by atoms with Gasteiger partial charge in [-0.2, -0.15) is 0 Å². The van der Waals surface area contributed by atoms with Gasteiger partial charge in [0.05, 0.1) is 6.61 Å². The van der Waals surface area contributed by atoms with Gasteiger partial charge >= 0.3 is 0 Å². The van der Waals surface area contributed by atoms with E-state index >= 15 is 0 Å². The van der Waals surface area contributed by atoms with Crippen molar-refractivity contribution in [3.05, 3.63) is 42.0 Å². The summed E-state index contributed by atoms with van der Waals surface area (Å²) in [6.45, 7) is 4.75. The quantitative estimate of drug-likeness (QED) is 0.733. The number of rotatable bonds is 5. The lowest BCUT2D eigenvalue weighted by Gasteiger charge is -2.05. The second-order valence-corrected chi connectivity index (χ2v) is 4.41. The standard InChI is InChI=1S/C13H16O2S/c1-3-15-10-9-13(16-11(2)14)12-7-5-4-6-8-12/h4-9H,3,10H2,1-2H3/b13-9-. The minimum Gasteiger partial charge on any atom is -0.378 e. The van der Waals surface area contributed by atoms with Crippen LogP contribution in [0.15, 0.2) is 36.4 Å². The minimum absolute atomic E-state index is 0.0894. The van der Waals surface area contributed by atoms with E-state index in [4.69, 9.17) is 4.74 Å². The number of carbonyl (C=O) groups excluding carboxylic acids is 1. The molecule has 0 atom stereocenters. The Morgan fingerprint density at radius 2 is 2.06 bits per heavy atom. The van der Waals surface area contributed by atoms with Crippen LogP contribution < -0.4 is 0 Å². The summed E-state index contributed by atoms with van der Waals surface area (Å²) in [7, 11) is 0. The number of ether oxygens (including phenoxy) is 1. The van der Waals surface area contributed by atoms with E-state index in [0.717, 1.165) is 10.5 Å². The molecule has 0 radical (unpaired) electrons. The number of hydrogen-bond donors (Lipinski definition) is 0. The third kappa shape index (κ3) is 4.64. The topological polar surface area (TPSA) is 26.3 Å². The number of carbonyl (C=O) groups is 1.